The zero-order valence-corrected chi connectivity index (χ0v) is 17.9. The molecule has 1 unspecified atom stereocenters. The molecule has 0 bridgehead atoms. The van der Waals surface area contributed by atoms with E-state index in [4.69, 9.17) is 9.47 Å². The Balaban J connectivity index is 1.67. The Bertz CT molecular complexity index is 917. The minimum absolute atomic E-state index is 0.0493. The zero-order chi connectivity index (χ0) is 22.6. The summed E-state index contributed by atoms with van der Waals surface area (Å²) >= 11 is 0. The number of alkyl halides is 3. The maximum Gasteiger partial charge on any atom is 0.416 e. The van der Waals surface area contributed by atoms with Gasteiger partial charge in [0.2, 0.25) is 5.91 Å². The second-order valence-corrected chi connectivity index (χ2v) is 7.73. The fourth-order valence-corrected chi connectivity index (χ4v) is 4.01. The molecule has 0 N–H and O–H groups in total. The lowest BCUT2D eigenvalue weighted by Crippen LogP contribution is -2.38. The van der Waals surface area contributed by atoms with Gasteiger partial charge in [0.15, 0.2) is 11.5 Å². The summed E-state index contributed by atoms with van der Waals surface area (Å²) in [6.45, 7) is 1.03. The Hall–Kier alpha value is -2.74. The van der Waals surface area contributed by atoms with Crippen LogP contribution in [0.15, 0.2) is 42.5 Å². The second kappa shape index (κ2) is 9.60. The van der Waals surface area contributed by atoms with Crippen molar-refractivity contribution in [2.45, 2.75) is 31.6 Å². The molecule has 0 radical (unpaired) electrons. The van der Waals surface area contributed by atoms with Crippen molar-refractivity contribution in [2.75, 3.05) is 34.4 Å². The Morgan fingerprint density at radius 3 is 2.55 bits per heavy atom. The van der Waals surface area contributed by atoms with Gasteiger partial charge < -0.3 is 14.4 Å². The summed E-state index contributed by atoms with van der Waals surface area (Å²) in [7, 11) is 4.88. The van der Waals surface area contributed by atoms with Crippen molar-refractivity contribution in [3.8, 4) is 11.5 Å². The highest BCUT2D eigenvalue weighted by atomic mass is 19.4. The molecule has 1 atom stereocenters. The van der Waals surface area contributed by atoms with Gasteiger partial charge in [-0.15, -0.1) is 0 Å². The van der Waals surface area contributed by atoms with E-state index in [1.54, 1.807) is 32.2 Å². The van der Waals surface area contributed by atoms with E-state index >= 15 is 0 Å². The van der Waals surface area contributed by atoms with Gasteiger partial charge in [0.05, 0.1) is 32.4 Å². The molecule has 0 spiro atoms. The van der Waals surface area contributed by atoms with E-state index in [1.165, 1.54) is 6.07 Å². The Morgan fingerprint density at radius 2 is 1.87 bits per heavy atom. The van der Waals surface area contributed by atoms with Crippen LogP contribution >= 0.6 is 0 Å². The van der Waals surface area contributed by atoms with E-state index in [2.05, 4.69) is 0 Å². The highest BCUT2D eigenvalue weighted by molar-refractivity contribution is 5.79. The molecule has 0 saturated carbocycles. The summed E-state index contributed by atoms with van der Waals surface area (Å²) in [6, 6.07) is 10.8. The van der Waals surface area contributed by atoms with Crippen LogP contribution in [-0.2, 0) is 17.5 Å². The summed E-state index contributed by atoms with van der Waals surface area (Å²) in [4.78, 5) is 16.6. The first-order chi connectivity index (χ1) is 14.7. The van der Waals surface area contributed by atoms with Crippen molar-refractivity contribution < 1.29 is 27.4 Å². The molecule has 3 rings (SSSR count). The average molecular weight is 436 g/mol. The number of amides is 1. The van der Waals surface area contributed by atoms with Gasteiger partial charge >= 0.3 is 6.18 Å². The predicted octanol–water partition coefficient (Wildman–Crippen LogP) is 4.52. The number of methoxy groups -OCH3 is 2. The van der Waals surface area contributed by atoms with E-state index in [9.17, 15) is 18.0 Å². The van der Waals surface area contributed by atoms with Gasteiger partial charge in [0, 0.05) is 13.1 Å². The normalized spacial score (nSPS) is 16.6. The van der Waals surface area contributed by atoms with Crippen LogP contribution in [-0.4, -0.2) is 50.1 Å². The first-order valence-electron chi connectivity index (χ1n) is 10.1. The maximum atomic E-state index is 13.0. The molecule has 31 heavy (non-hydrogen) atoms. The highest BCUT2D eigenvalue weighted by Gasteiger charge is 2.32. The molecule has 1 fully saturated rings. The van der Waals surface area contributed by atoms with E-state index in [0.717, 1.165) is 30.5 Å². The Kier molecular flexibility index (Phi) is 7.10. The van der Waals surface area contributed by atoms with Gasteiger partial charge in [0.25, 0.3) is 0 Å². The minimum atomic E-state index is -4.38. The Morgan fingerprint density at radius 1 is 1.13 bits per heavy atom. The molecule has 1 amide bonds. The van der Waals surface area contributed by atoms with E-state index < -0.39 is 11.7 Å². The van der Waals surface area contributed by atoms with Crippen LogP contribution in [0.4, 0.5) is 13.2 Å². The first kappa shape index (κ1) is 22.9. The van der Waals surface area contributed by atoms with E-state index in [1.807, 2.05) is 23.1 Å². The minimum Gasteiger partial charge on any atom is -0.493 e. The van der Waals surface area contributed by atoms with E-state index in [-0.39, 0.29) is 25.0 Å². The maximum absolute atomic E-state index is 13.0. The monoisotopic (exact) mass is 436 g/mol. The third-order valence-electron chi connectivity index (χ3n) is 5.48. The summed E-state index contributed by atoms with van der Waals surface area (Å²) in [5.74, 6) is 1.19. The lowest BCUT2D eigenvalue weighted by Gasteiger charge is -2.28. The molecule has 2 aromatic rings. The summed E-state index contributed by atoms with van der Waals surface area (Å²) < 4.78 is 49.5. The van der Waals surface area contributed by atoms with Crippen LogP contribution in [0.25, 0.3) is 0 Å². The summed E-state index contributed by atoms with van der Waals surface area (Å²) in [5.41, 5.74) is 0.810. The number of ether oxygens (including phenoxy) is 2. The summed E-state index contributed by atoms with van der Waals surface area (Å²) in [6.07, 6.45) is -2.65. The van der Waals surface area contributed by atoms with Crippen LogP contribution in [0.5, 0.6) is 11.5 Å². The van der Waals surface area contributed by atoms with Gasteiger partial charge in [-0.1, -0.05) is 24.3 Å². The molecule has 1 aliphatic heterocycles. The number of carbonyl (C=O) groups excluding carboxylic acids is 1. The number of hydrogen-bond acceptors (Lipinski definition) is 4. The number of nitrogens with zero attached hydrogens (tertiary/aromatic N) is 2. The Labute approximate surface area is 180 Å². The highest BCUT2D eigenvalue weighted by Crippen LogP contribution is 2.37. The number of hydrogen-bond donors (Lipinski definition) is 0. The molecule has 0 aromatic heterocycles. The van der Waals surface area contributed by atoms with Crippen LogP contribution in [0.1, 0.15) is 35.6 Å². The lowest BCUT2D eigenvalue weighted by molar-refractivity contribution is -0.137. The molecule has 2 aromatic carbocycles. The number of halogens is 3. The van der Waals surface area contributed by atoms with Gasteiger partial charge in [-0.3, -0.25) is 9.69 Å². The number of rotatable bonds is 7. The fraction of sp³-hybridized carbons (Fsp3) is 0.435. The van der Waals surface area contributed by atoms with Crippen molar-refractivity contribution in [3.63, 3.8) is 0 Å². The standard InChI is InChI=1S/C23H27F3N2O3/c1-27(14-16-6-4-7-18(12-16)23(24,25)26)15-22(29)28-11-5-8-19(28)17-9-10-20(30-2)21(13-17)31-3/h4,6-7,9-10,12-13,19H,5,8,11,14-15H2,1-3H3. The topological polar surface area (TPSA) is 42.0 Å². The van der Waals surface area contributed by atoms with Crippen LogP contribution in [0, 0.1) is 0 Å². The molecule has 0 aliphatic carbocycles. The molecular weight excluding hydrogens is 409 g/mol. The van der Waals surface area contributed by atoms with Crippen LogP contribution in [0.2, 0.25) is 0 Å². The smallest absolute Gasteiger partial charge is 0.416 e. The molecule has 8 heteroatoms. The van der Waals surface area contributed by atoms with E-state index in [0.29, 0.717) is 23.6 Å². The quantitative estimate of drug-likeness (QED) is 0.640. The second-order valence-electron chi connectivity index (χ2n) is 7.73. The number of carbonyl (C=O) groups is 1. The number of likely N-dealkylation sites (N-methyl/N-ethyl adjacent to an activating group) is 1. The molecule has 1 aliphatic rings. The molecule has 5 nitrogen and oxygen atoms in total. The lowest BCUT2D eigenvalue weighted by atomic mass is 10.0. The molecule has 1 heterocycles. The van der Waals surface area contributed by atoms with Crippen molar-refractivity contribution in [3.05, 3.63) is 59.2 Å². The molecule has 168 valence electrons. The third-order valence-corrected chi connectivity index (χ3v) is 5.48. The number of likely N-dealkylation sites (tertiary alicyclic amines) is 1. The van der Waals surface area contributed by atoms with Crippen molar-refractivity contribution in [1.29, 1.82) is 0 Å². The average Bonchev–Trinajstić information content (AvgIpc) is 3.22. The SMILES string of the molecule is COc1ccc(C2CCCN2C(=O)CN(C)Cc2cccc(C(F)(F)F)c2)cc1OC. The third kappa shape index (κ3) is 5.50. The first-order valence-corrected chi connectivity index (χ1v) is 10.1. The largest absolute Gasteiger partial charge is 0.493 e. The predicted molar refractivity (Wildman–Crippen MR) is 111 cm³/mol. The van der Waals surface area contributed by atoms with Gasteiger partial charge in [-0.2, -0.15) is 13.2 Å². The van der Waals surface area contributed by atoms with Crippen molar-refractivity contribution >= 4 is 5.91 Å². The van der Waals surface area contributed by atoms with Crippen LogP contribution in [0.3, 0.4) is 0 Å². The fourth-order valence-electron chi connectivity index (χ4n) is 4.01. The van der Waals surface area contributed by atoms with Gasteiger partial charge in [-0.25, -0.2) is 0 Å². The van der Waals surface area contributed by atoms with Gasteiger partial charge in [-0.05, 0) is 49.2 Å². The van der Waals surface area contributed by atoms with Crippen LogP contribution < -0.4 is 9.47 Å². The summed E-state index contributed by atoms with van der Waals surface area (Å²) in [5, 5.41) is 0. The van der Waals surface area contributed by atoms with Crippen molar-refractivity contribution in [1.82, 2.24) is 9.80 Å². The molecule has 1 saturated heterocycles. The number of benzene rings is 2. The zero-order valence-electron chi connectivity index (χ0n) is 17.9. The van der Waals surface area contributed by atoms with Gasteiger partial charge in [0.1, 0.15) is 0 Å². The van der Waals surface area contributed by atoms with Crippen molar-refractivity contribution in [2.24, 2.45) is 0 Å². The molecular formula is C23H27F3N2O3.